The monoisotopic (exact) mass is 392 g/mol. The molecular weight excluding hydrogens is 358 g/mol. The topological polar surface area (TPSA) is 57.6 Å². The highest BCUT2D eigenvalue weighted by atomic mass is 15.1. The van der Waals surface area contributed by atoms with Gasteiger partial charge in [0.15, 0.2) is 5.65 Å². The van der Waals surface area contributed by atoms with Crippen LogP contribution in [0.3, 0.4) is 0 Å². The normalized spacial score (nSPS) is 11.4. The third-order valence-corrected chi connectivity index (χ3v) is 6.01. The maximum Gasteiger partial charge on any atom is 0.157 e. The summed E-state index contributed by atoms with van der Waals surface area (Å²) < 4.78 is 2.18. The fourth-order valence-corrected chi connectivity index (χ4v) is 4.18. The van der Waals surface area contributed by atoms with E-state index < -0.39 is 0 Å². The van der Waals surface area contributed by atoms with Crippen LogP contribution in [0.25, 0.3) is 16.7 Å². The van der Waals surface area contributed by atoms with E-state index in [9.17, 15) is 5.26 Å². The van der Waals surface area contributed by atoms with Crippen LogP contribution >= 0.6 is 0 Å². The molecular formula is C24H34N5+. The average Bonchev–Trinajstić information content (AvgIpc) is 3.12. The summed E-state index contributed by atoms with van der Waals surface area (Å²) in [5, 5.41) is 13.6. The van der Waals surface area contributed by atoms with Crippen molar-refractivity contribution in [2.75, 3.05) is 31.5 Å². The van der Waals surface area contributed by atoms with Gasteiger partial charge in [0.2, 0.25) is 0 Å². The summed E-state index contributed by atoms with van der Waals surface area (Å²) >= 11 is 0. The minimum Gasteiger partial charge on any atom is -0.371 e. The van der Waals surface area contributed by atoms with Crippen molar-refractivity contribution in [1.82, 2.24) is 9.38 Å². The van der Waals surface area contributed by atoms with E-state index in [1.54, 1.807) is 4.90 Å². The summed E-state index contributed by atoms with van der Waals surface area (Å²) in [7, 11) is 0. The number of quaternary nitrogens is 1. The lowest BCUT2D eigenvalue weighted by atomic mass is 9.99. The molecule has 3 aromatic rings. The number of aromatic nitrogens is 2. The quantitative estimate of drug-likeness (QED) is 0.517. The number of anilines is 1. The summed E-state index contributed by atoms with van der Waals surface area (Å²) in [6, 6.07) is 10.6. The number of rotatable bonds is 10. The largest absolute Gasteiger partial charge is 0.371 e. The first-order chi connectivity index (χ1) is 14.2. The van der Waals surface area contributed by atoms with Gasteiger partial charge in [0.1, 0.15) is 11.9 Å². The summed E-state index contributed by atoms with van der Waals surface area (Å²) in [6.45, 7) is 13.2. The van der Waals surface area contributed by atoms with Crippen molar-refractivity contribution in [3.63, 3.8) is 0 Å². The fourth-order valence-electron chi connectivity index (χ4n) is 4.18. The molecule has 0 radical (unpaired) electrons. The molecule has 0 unspecified atom stereocenters. The number of para-hydroxylation sites is 2. The number of imidazole rings is 1. The molecule has 3 rings (SSSR count). The number of pyridine rings is 1. The molecule has 0 bridgehead atoms. The highest BCUT2D eigenvalue weighted by Gasteiger charge is 2.20. The molecule has 0 aliphatic rings. The molecule has 2 heterocycles. The predicted octanol–water partition coefficient (Wildman–Crippen LogP) is 3.74. The second-order valence-electron chi connectivity index (χ2n) is 7.79. The van der Waals surface area contributed by atoms with Crippen molar-refractivity contribution in [1.29, 1.82) is 5.26 Å². The minimum atomic E-state index is 0.699. The first kappa shape index (κ1) is 21.1. The summed E-state index contributed by atoms with van der Waals surface area (Å²) in [5.41, 5.74) is 5.80. The van der Waals surface area contributed by atoms with Gasteiger partial charge in [0, 0.05) is 13.0 Å². The van der Waals surface area contributed by atoms with Crippen molar-refractivity contribution < 1.29 is 4.90 Å². The summed E-state index contributed by atoms with van der Waals surface area (Å²) in [5.74, 6) is 1.12. The second kappa shape index (κ2) is 9.76. The van der Waals surface area contributed by atoms with E-state index in [1.807, 2.05) is 18.2 Å². The molecule has 5 nitrogen and oxygen atoms in total. The molecule has 0 aliphatic heterocycles. The Hall–Kier alpha value is -2.58. The average molecular weight is 393 g/mol. The van der Waals surface area contributed by atoms with Gasteiger partial charge in [-0.15, -0.1) is 0 Å². The Morgan fingerprint density at radius 2 is 1.90 bits per heavy atom. The Balaban J connectivity index is 2.08. The zero-order valence-electron chi connectivity index (χ0n) is 18.3. The van der Waals surface area contributed by atoms with E-state index in [4.69, 9.17) is 4.98 Å². The van der Waals surface area contributed by atoms with Crippen LogP contribution in [0.4, 0.5) is 5.82 Å². The Morgan fingerprint density at radius 3 is 2.59 bits per heavy atom. The summed E-state index contributed by atoms with van der Waals surface area (Å²) in [4.78, 5) is 6.44. The van der Waals surface area contributed by atoms with Crippen molar-refractivity contribution in [3.05, 3.63) is 41.0 Å². The smallest absolute Gasteiger partial charge is 0.157 e. The van der Waals surface area contributed by atoms with Gasteiger partial charge in [-0.05, 0) is 56.9 Å². The number of nitriles is 1. The SMILES string of the molecule is CCCCc1c(C)c(C#N)c2nc3ccccc3n2c1NCCC[NH+](CC)CC. The lowest BCUT2D eigenvalue weighted by molar-refractivity contribution is -0.896. The molecule has 29 heavy (non-hydrogen) atoms. The molecule has 0 fully saturated rings. The molecule has 0 spiro atoms. The lowest BCUT2D eigenvalue weighted by Crippen LogP contribution is -3.11. The van der Waals surface area contributed by atoms with Crippen LogP contribution in [-0.2, 0) is 6.42 Å². The summed E-state index contributed by atoms with van der Waals surface area (Å²) in [6.07, 6.45) is 4.34. The maximum absolute atomic E-state index is 9.89. The van der Waals surface area contributed by atoms with Crippen molar-refractivity contribution in [2.45, 2.75) is 53.4 Å². The Morgan fingerprint density at radius 1 is 1.14 bits per heavy atom. The number of hydrogen-bond donors (Lipinski definition) is 2. The number of fused-ring (bicyclic) bond motifs is 3. The van der Waals surface area contributed by atoms with E-state index >= 15 is 0 Å². The van der Waals surface area contributed by atoms with Gasteiger partial charge in [0.25, 0.3) is 0 Å². The van der Waals surface area contributed by atoms with E-state index in [1.165, 1.54) is 25.2 Å². The zero-order chi connectivity index (χ0) is 20.8. The van der Waals surface area contributed by atoms with E-state index in [0.29, 0.717) is 5.56 Å². The predicted molar refractivity (Wildman–Crippen MR) is 121 cm³/mol. The van der Waals surface area contributed by atoms with Crippen LogP contribution in [0, 0.1) is 18.3 Å². The van der Waals surface area contributed by atoms with Crippen LogP contribution in [0.5, 0.6) is 0 Å². The third-order valence-electron chi connectivity index (χ3n) is 6.01. The Kier molecular flexibility index (Phi) is 7.11. The molecule has 5 heteroatoms. The minimum absolute atomic E-state index is 0.699. The van der Waals surface area contributed by atoms with Gasteiger partial charge in [0.05, 0.1) is 36.2 Å². The van der Waals surface area contributed by atoms with Gasteiger partial charge < -0.3 is 10.2 Å². The Bertz CT molecular complexity index is 1010. The number of unbranched alkanes of at least 4 members (excludes halogenated alkanes) is 1. The number of benzene rings is 1. The van der Waals surface area contributed by atoms with E-state index in [2.05, 4.69) is 49.5 Å². The van der Waals surface area contributed by atoms with Gasteiger partial charge in [-0.25, -0.2) is 4.98 Å². The molecule has 0 atom stereocenters. The van der Waals surface area contributed by atoms with Crippen LogP contribution < -0.4 is 10.2 Å². The molecule has 2 aromatic heterocycles. The maximum atomic E-state index is 9.89. The first-order valence-electron chi connectivity index (χ1n) is 11.1. The van der Waals surface area contributed by atoms with Crippen LogP contribution in [-0.4, -0.2) is 35.6 Å². The molecule has 0 amide bonds. The zero-order valence-corrected chi connectivity index (χ0v) is 18.3. The van der Waals surface area contributed by atoms with Crippen molar-refractivity contribution in [3.8, 4) is 6.07 Å². The molecule has 0 saturated carbocycles. The second-order valence-corrected chi connectivity index (χ2v) is 7.79. The van der Waals surface area contributed by atoms with Gasteiger partial charge in [-0.3, -0.25) is 4.40 Å². The van der Waals surface area contributed by atoms with E-state index in [-0.39, 0.29) is 0 Å². The fraction of sp³-hybridized carbons (Fsp3) is 0.500. The third kappa shape index (κ3) is 4.23. The number of nitrogens with zero attached hydrogens (tertiary/aromatic N) is 3. The first-order valence-corrected chi connectivity index (χ1v) is 11.1. The molecule has 2 N–H and O–H groups in total. The Labute approximate surface area is 174 Å². The molecule has 154 valence electrons. The van der Waals surface area contributed by atoms with Crippen molar-refractivity contribution in [2.24, 2.45) is 0 Å². The standard InChI is InChI=1S/C24H33N5/c1-5-8-12-19-18(4)20(17-25)24-27-21-13-9-10-14-22(21)29(24)23(19)26-15-11-16-28(6-2)7-3/h9-10,13-14,26H,5-8,11-12,15-16H2,1-4H3/p+1. The molecule has 0 aliphatic carbocycles. The molecule has 0 saturated heterocycles. The highest BCUT2D eigenvalue weighted by Crippen LogP contribution is 2.31. The highest BCUT2D eigenvalue weighted by molar-refractivity contribution is 5.86. The molecule has 1 aromatic carbocycles. The van der Waals surface area contributed by atoms with Crippen LogP contribution in [0.2, 0.25) is 0 Å². The van der Waals surface area contributed by atoms with Crippen molar-refractivity contribution >= 4 is 22.5 Å². The van der Waals surface area contributed by atoms with Gasteiger partial charge >= 0.3 is 0 Å². The van der Waals surface area contributed by atoms with Crippen LogP contribution in [0.15, 0.2) is 24.3 Å². The van der Waals surface area contributed by atoms with Gasteiger partial charge in [-0.1, -0.05) is 25.5 Å². The van der Waals surface area contributed by atoms with Gasteiger partial charge in [-0.2, -0.15) is 5.26 Å². The lowest BCUT2D eigenvalue weighted by Gasteiger charge is -2.20. The van der Waals surface area contributed by atoms with Crippen LogP contribution in [0.1, 0.15) is 56.7 Å². The number of nitrogens with one attached hydrogen (secondary N) is 2. The number of hydrogen-bond acceptors (Lipinski definition) is 3. The van der Waals surface area contributed by atoms with E-state index in [0.717, 1.165) is 60.3 Å².